The van der Waals surface area contributed by atoms with Crippen molar-refractivity contribution in [1.29, 1.82) is 0 Å². The van der Waals surface area contributed by atoms with E-state index in [9.17, 15) is 23.3 Å². The van der Waals surface area contributed by atoms with Gasteiger partial charge in [0.15, 0.2) is 0 Å². The summed E-state index contributed by atoms with van der Waals surface area (Å²) in [5, 5.41) is 15.3. The van der Waals surface area contributed by atoms with E-state index in [0.717, 1.165) is 10.6 Å². The average molecular weight is 261 g/mol. The molecule has 0 radical (unpaired) electrons. The molecule has 9 heteroatoms. The number of nitrogens with two attached hydrogens (primary N) is 1. The van der Waals surface area contributed by atoms with Crippen LogP contribution >= 0.6 is 0 Å². The zero-order valence-corrected chi connectivity index (χ0v) is 9.59. The van der Waals surface area contributed by atoms with Crippen LogP contribution in [0.4, 0.5) is 5.69 Å². The van der Waals surface area contributed by atoms with Gasteiger partial charge in [-0.05, 0) is 12.5 Å². The van der Waals surface area contributed by atoms with Crippen LogP contribution in [0.5, 0.6) is 0 Å². The molecule has 94 valence electrons. The zero-order valence-electron chi connectivity index (χ0n) is 8.77. The van der Waals surface area contributed by atoms with Crippen molar-refractivity contribution in [3.63, 3.8) is 0 Å². The maximum absolute atomic E-state index is 11.5. The van der Waals surface area contributed by atoms with Crippen LogP contribution in [-0.4, -0.2) is 23.7 Å². The van der Waals surface area contributed by atoms with Gasteiger partial charge in [-0.15, -0.1) is 0 Å². The zero-order chi connectivity index (χ0) is 13.1. The molecule has 17 heavy (non-hydrogen) atoms. The SMILES string of the molecule is NS(=O)(=O)CCCn1cccc([N+](=O)[O-])c1=O. The molecule has 0 bridgehead atoms. The van der Waals surface area contributed by atoms with Crippen molar-refractivity contribution >= 4 is 15.7 Å². The highest BCUT2D eigenvalue weighted by atomic mass is 32.2. The standard InChI is InChI=1S/C8H11N3O5S/c9-17(15,16)6-2-5-10-4-1-3-7(8(10)12)11(13)14/h1,3-4H,2,5-6H2,(H2,9,15,16). The first-order valence-corrected chi connectivity index (χ1v) is 6.37. The molecule has 0 unspecified atom stereocenters. The largest absolute Gasteiger partial charge is 0.334 e. The highest BCUT2D eigenvalue weighted by Crippen LogP contribution is 2.02. The third-order valence-electron chi connectivity index (χ3n) is 2.02. The minimum absolute atomic E-state index is 0.0664. The Balaban J connectivity index is 2.83. The molecule has 0 fully saturated rings. The Labute approximate surface area is 96.9 Å². The van der Waals surface area contributed by atoms with Crippen LogP contribution in [0.3, 0.4) is 0 Å². The molecule has 2 N–H and O–H groups in total. The number of rotatable bonds is 5. The lowest BCUT2D eigenvalue weighted by molar-refractivity contribution is -0.386. The number of hydrogen-bond acceptors (Lipinski definition) is 5. The fourth-order valence-corrected chi connectivity index (χ4v) is 1.81. The molecule has 0 aliphatic heterocycles. The van der Waals surface area contributed by atoms with Gasteiger partial charge in [0.05, 0.1) is 10.7 Å². The number of aryl methyl sites for hydroxylation is 1. The van der Waals surface area contributed by atoms with Gasteiger partial charge in [-0.25, -0.2) is 13.6 Å². The Bertz CT molecular complexity index is 577. The minimum Gasteiger partial charge on any atom is -0.310 e. The molecule has 0 saturated heterocycles. The summed E-state index contributed by atoms with van der Waals surface area (Å²) in [6, 6.07) is 2.45. The first-order chi connectivity index (χ1) is 7.81. The average Bonchev–Trinajstić information content (AvgIpc) is 2.18. The Morgan fingerprint density at radius 2 is 2.12 bits per heavy atom. The van der Waals surface area contributed by atoms with Crippen LogP contribution in [0, 0.1) is 10.1 Å². The lowest BCUT2D eigenvalue weighted by Gasteiger charge is -2.03. The summed E-state index contributed by atoms with van der Waals surface area (Å²) in [5.41, 5.74) is -1.30. The van der Waals surface area contributed by atoms with Crippen LogP contribution in [-0.2, 0) is 16.6 Å². The summed E-state index contributed by atoms with van der Waals surface area (Å²) in [7, 11) is -3.58. The Hall–Kier alpha value is -1.74. The summed E-state index contributed by atoms with van der Waals surface area (Å²) < 4.78 is 22.4. The predicted octanol–water partition coefficient (Wildman–Crippen LogP) is -0.565. The van der Waals surface area contributed by atoms with E-state index in [-0.39, 0.29) is 18.7 Å². The molecule has 0 aromatic carbocycles. The van der Waals surface area contributed by atoms with Crippen LogP contribution in [0.25, 0.3) is 0 Å². The molecule has 0 aliphatic carbocycles. The van der Waals surface area contributed by atoms with Crippen LogP contribution < -0.4 is 10.7 Å². The van der Waals surface area contributed by atoms with Crippen LogP contribution in [0.1, 0.15) is 6.42 Å². The lowest BCUT2D eigenvalue weighted by atomic mass is 10.4. The smallest absolute Gasteiger partial charge is 0.310 e. The number of hydrogen-bond donors (Lipinski definition) is 1. The van der Waals surface area contributed by atoms with E-state index >= 15 is 0 Å². The van der Waals surface area contributed by atoms with E-state index in [1.54, 1.807) is 0 Å². The first-order valence-electron chi connectivity index (χ1n) is 4.65. The molecule has 0 amide bonds. The monoisotopic (exact) mass is 261 g/mol. The highest BCUT2D eigenvalue weighted by Gasteiger charge is 2.13. The van der Waals surface area contributed by atoms with E-state index in [0.29, 0.717) is 0 Å². The van der Waals surface area contributed by atoms with E-state index < -0.39 is 26.2 Å². The fraction of sp³-hybridized carbons (Fsp3) is 0.375. The van der Waals surface area contributed by atoms with Gasteiger partial charge >= 0.3 is 11.2 Å². The van der Waals surface area contributed by atoms with Crippen molar-refractivity contribution in [2.24, 2.45) is 5.14 Å². The van der Waals surface area contributed by atoms with E-state index in [1.165, 1.54) is 12.3 Å². The van der Waals surface area contributed by atoms with Gasteiger partial charge in [-0.2, -0.15) is 0 Å². The first kappa shape index (κ1) is 13.3. The Kier molecular flexibility index (Phi) is 3.97. The molecule has 1 rings (SSSR count). The summed E-state index contributed by atoms with van der Waals surface area (Å²) in [6.45, 7) is 0.0664. The van der Waals surface area contributed by atoms with Gasteiger partial charge in [-0.1, -0.05) is 0 Å². The second kappa shape index (κ2) is 5.06. The van der Waals surface area contributed by atoms with Crippen molar-refractivity contribution in [3.05, 3.63) is 38.8 Å². The number of nitrogens with zero attached hydrogens (tertiary/aromatic N) is 2. The number of pyridine rings is 1. The minimum atomic E-state index is -3.58. The molecule has 0 spiro atoms. The van der Waals surface area contributed by atoms with Crippen LogP contribution in [0.2, 0.25) is 0 Å². The maximum Gasteiger partial charge on any atom is 0.334 e. The van der Waals surface area contributed by atoms with Gasteiger partial charge in [-0.3, -0.25) is 14.9 Å². The highest BCUT2D eigenvalue weighted by molar-refractivity contribution is 7.89. The molecular weight excluding hydrogens is 250 g/mol. The fourth-order valence-electron chi connectivity index (χ4n) is 1.28. The number of sulfonamides is 1. The van der Waals surface area contributed by atoms with Gasteiger partial charge < -0.3 is 4.57 Å². The van der Waals surface area contributed by atoms with E-state index in [2.05, 4.69) is 0 Å². The molecule has 1 aromatic heterocycles. The Morgan fingerprint density at radius 1 is 1.47 bits per heavy atom. The second-order valence-corrected chi connectivity index (χ2v) is 5.10. The molecule has 0 atom stereocenters. The van der Waals surface area contributed by atoms with Crippen molar-refractivity contribution in [2.45, 2.75) is 13.0 Å². The van der Waals surface area contributed by atoms with Gasteiger partial charge in [0.25, 0.3) is 0 Å². The number of primary sulfonamides is 1. The molecule has 1 aromatic rings. The van der Waals surface area contributed by atoms with Crippen molar-refractivity contribution in [1.82, 2.24) is 4.57 Å². The van der Waals surface area contributed by atoms with Gasteiger partial charge in [0, 0.05) is 18.8 Å². The number of nitro groups is 1. The molecule has 8 nitrogen and oxygen atoms in total. The Morgan fingerprint density at radius 3 is 2.65 bits per heavy atom. The maximum atomic E-state index is 11.5. The summed E-state index contributed by atoms with van der Waals surface area (Å²) >= 11 is 0. The lowest BCUT2D eigenvalue weighted by Crippen LogP contribution is -2.24. The normalized spacial score (nSPS) is 11.4. The van der Waals surface area contributed by atoms with Crippen LogP contribution in [0.15, 0.2) is 23.1 Å². The van der Waals surface area contributed by atoms with E-state index in [4.69, 9.17) is 5.14 Å². The van der Waals surface area contributed by atoms with Crippen molar-refractivity contribution in [3.8, 4) is 0 Å². The molecule has 1 heterocycles. The number of aromatic nitrogens is 1. The summed E-state index contributed by atoms with van der Waals surface area (Å²) in [6.07, 6.45) is 1.48. The molecule has 0 saturated carbocycles. The van der Waals surface area contributed by atoms with Gasteiger partial charge in [0.1, 0.15) is 0 Å². The third-order valence-corrected chi connectivity index (χ3v) is 2.88. The quantitative estimate of drug-likeness (QED) is 0.561. The van der Waals surface area contributed by atoms with Crippen molar-refractivity contribution in [2.75, 3.05) is 5.75 Å². The topological polar surface area (TPSA) is 125 Å². The third kappa shape index (κ3) is 3.96. The van der Waals surface area contributed by atoms with Crippen molar-refractivity contribution < 1.29 is 13.3 Å². The predicted molar refractivity (Wildman–Crippen MR) is 59.9 cm³/mol. The van der Waals surface area contributed by atoms with Gasteiger partial charge in [0.2, 0.25) is 10.0 Å². The summed E-state index contributed by atoms with van der Waals surface area (Å²) in [5.74, 6) is -0.276. The molecule has 0 aliphatic rings. The second-order valence-electron chi connectivity index (χ2n) is 3.37. The van der Waals surface area contributed by atoms with E-state index in [1.807, 2.05) is 0 Å². The summed E-state index contributed by atoms with van der Waals surface area (Å²) in [4.78, 5) is 21.2. The molecular formula is C8H11N3O5S.